The van der Waals surface area contributed by atoms with Crippen LogP contribution in [-0.2, 0) is 6.54 Å². The number of ether oxygens (including phenoxy) is 1. The number of aromatic amines is 1. The van der Waals surface area contributed by atoms with Crippen LogP contribution in [0.1, 0.15) is 11.1 Å². The van der Waals surface area contributed by atoms with Crippen LogP contribution in [0.2, 0.25) is 0 Å². The summed E-state index contributed by atoms with van der Waals surface area (Å²) >= 11 is 0. The zero-order valence-corrected chi connectivity index (χ0v) is 11.6. The molecule has 0 fully saturated rings. The lowest BCUT2D eigenvalue weighted by atomic mass is 10.2. The lowest BCUT2D eigenvalue weighted by Crippen LogP contribution is -2.00. The van der Waals surface area contributed by atoms with Crippen LogP contribution in [0.5, 0.6) is 5.75 Å². The molecule has 0 amide bonds. The first kappa shape index (κ1) is 12.5. The number of aromatic nitrogens is 2. The maximum absolute atomic E-state index is 5.14. The van der Waals surface area contributed by atoms with Crippen molar-refractivity contribution in [1.82, 2.24) is 9.97 Å². The fraction of sp³-hybridized carbons (Fsp3) is 0.188. The van der Waals surface area contributed by atoms with Crippen molar-refractivity contribution in [3.63, 3.8) is 0 Å². The summed E-state index contributed by atoms with van der Waals surface area (Å²) in [5.41, 5.74) is 4.44. The van der Waals surface area contributed by atoms with Crippen molar-refractivity contribution in [2.45, 2.75) is 13.5 Å². The highest BCUT2D eigenvalue weighted by Crippen LogP contribution is 2.17. The maximum atomic E-state index is 5.14. The zero-order chi connectivity index (χ0) is 13.9. The topological polar surface area (TPSA) is 49.9 Å². The van der Waals surface area contributed by atoms with E-state index >= 15 is 0 Å². The molecule has 4 heteroatoms. The van der Waals surface area contributed by atoms with Crippen LogP contribution in [0.4, 0.5) is 5.95 Å². The minimum Gasteiger partial charge on any atom is -0.497 e. The molecule has 0 radical (unpaired) electrons. The second kappa shape index (κ2) is 5.25. The number of anilines is 1. The normalized spacial score (nSPS) is 10.7. The SMILES string of the molecule is COc1ccc(CNc2nc3ccc(C)cc3[nH]2)cc1. The Morgan fingerprint density at radius 1 is 1.15 bits per heavy atom. The summed E-state index contributed by atoms with van der Waals surface area (Å²) in [5.74, 6) is 1.66. The molecule has 102 valence electrons. The molecule has 3 rings (SSSR count). The summed E-state index contributed by atoms with van der Waals surface area (Å²) in [5, 5.41) is 3.30. The second-order valence-corrected chi connectivity index (χ2v) is 4.81. The quantitative estimate of drug-likeness (QED) is 0.760. The van der Waals surface area contributed by atoms with Gasteiger partial charge in [-0.2, -0.15) is 0 Å². The third kappa shape index (κ3) is 2.59. The van der Waals surface area contributed by atoms with Crippen molar-refractivity contribution in [1.29, 1.82) is 0 Å². The molecule has 0 bridgehead atoms. The minimum atomic E-state index is 0.725. The van der Waals surface area contributed by atoms with Crippen LogP contribution in [-0.4, -0.2) is 17.1 Å². The summed E-state index contributed by atoms with van der Waals surface area (Å²) in [4.78, 5) is 7.79. The largest absolute Gasteiger partial charge is 0.497 e. The van der Waals surface area contributed by atoms with Crippen LogP contribution in [0.25, 0.3) is 11.0 Å². The Morgan fingerprint density at radius 3 is 2.70 bits per heavy atom. The van der Waals surface area contributed by atoms with E-state index in [1.807, 2.05) is 30.3 Å². The van der Waals surface area contributed by atoms with Gasteiger partial charge >= 0.3 is 0 Å². The average molecular weight is 267 g/mol. The number of nitrogens with one attached hydrogen (secondary N) is 2. The van der Waals surface area contributed by atoms with Gasteiger partial charge in [0, 0.05) is 6.54 Å². The van der Waals surface area contributed by atoms with Gasteiger partial charge in [-0.3, -0.25) is 0 Å². The van der Waals surface area contributed by atoms with Crippen molar-refractivity contribution < 1.29 is 4.74 Å². The van der Waals surface area contributed by atoms with Crippen molar-refractivity contribution in [2.75, 3.05) is 12.4 Å². The van der Waals surface area contributed by atoms with Gasteiger partial charge in [-0.15, -0.1) is 0 Å². The van der Waals surface area contributed by atoms with Gasteiger partial charge in [0.1, 0.15) is 5.75 Å². The fourth-order valence-corrected chi connectivity index (χ4v) is 2.14. The Kier molecular flexibility index (Phi) is 3.29. The molecule has 0 aliphatic rings. The molecule has 0 saturated heterocycles. The van der Waals surface area contributed by atoms with Crippen LogP contribution in [0.15, 0.2) is 42.5 Å². The van der Waals surface area contributed by atoms with Gasteiger partial charge in [0.15, 0.2) is 0 Å². The molecule has 0 spiro atoms. The number of methoxy groups -OCH3 is 1. The average Bonchev–Trinajstić information content (AvgIpc) is 2.87. The lowest BCUT2D eigenvalue weighted by Gasteiger charge is -2.04. The van der Waals surface area contributed by atoms with E-state index in [9.17, 15) is 0 Å². The van der Waals surface area contributed by atoms with E-state index in [2.05, 4.69) is 34.3 Å². The van der Waals surface area contributed by atoms with Gasteiger partial charge in [-0.05, 0) is 42.3 Å². The first-order chi connectivity index (χ1) is 9.74. The predicted molar refractivity (Wildman–Crippen MR) is 81.2 cm³/mol. The Bertz CT molecular complexity index is 716. The van der Waals surface area contributed by atoms with Crippen molar-refractivity contribution in [3.8, 4) is 5.75 Å². The van der Waals surface area contributed by atoms with Gasteiger partial charge in [0.05, 0.1) is 18.1 Å². The summed E-state index contributed by atoms with van der Waals surface area (Å²) in [6.45, 7) is 2.80. The highest BCUT2D eigenvalue weighted by atomic mass is 16.5. The summed E-state index contributed by atoms with van der Waals surface area (Å²) in [6, 6.07) is 14.2. The Balaban J connectivity index is 1.72. The number of nitrogens with zero attached hydrogens (tertiary/aromatic N) is 1. The Labute approximate surface area is 117 Å². The molecule has 1 heterocycles. The molecule has 0 saturated carbocycles. The number of aryl methyl sites for hydroxylation is 1. The highest BCUT2D eigenvalue weighted by molar-refractivity contribution is 5.78. The van der Waals surface area contributed by atoms with Crippen molar-refractivity contribution in [2.24, 2.45) is 0 Å². The highest BCUT2D eigenvalue weighted by Gasteiger charge is 2.02. The third-order valence-corrected chi connectivity index (χ3v) is 3.26. The molecule has 20 heavy (non-hydrogen) atoms. The minimum absolute atomic E-state index is 0.725. The van der Waals surface area contributed by atoms with Gasteiger partial charge in [-0.1, -0.05) is 18.2 Å². The van der Waals surface area contributed by atoms with Gasteiger partial charge in [0.25, 0.3) is 0 Å². The monoisotopic (exact) mass is 267 g/mol. The number of imidazole rings is 1. The number of H-pyrrole nitrogens is 1. The van der Waals surface area contributed by atoms with Crippen molar-refractivity contribution in [3.05, 3.63) is 53.6 Å². The van der Waals surface area contributed by atoms with E-state index in [1.54, 1.807) is 7.11 Å². The van der Waals surface area contributed by atoms with E-state index in [0.29, 0.717) is 0 Å². The predicted octanol–water partition coefficient (Wildman–Crippen LogP) is 3.49. The first-order valence-corrected chi connectivity index (χ1v) is 6.58. The number of rotatable bonds is 4. The van der Waals surface area contributed by atoms with Crippen LogP contribution < -0.4 is 10.1 Å². The summed E-state index contributed by atoms with van der Waals surface area (Å²) in [7, 11) is 1.67. The third-order valence-electron chi connectivity index (χ3n) is 3.26. The molecule has 3 aromatic rings. The molecule has 0 atom stereocenters. The molecule has 2 N–H and O–H groups in total. The number of benzene rings is 2. The molecule has 4 nitrogen and oxygen atoms in total. The first-order valence-electron chi connectivity index (χ1n) is 6.58. The molecule has 0 aliphatic carbocycles. The van der Waals surface area contributed by atoms with E-state index in [-0.39, 0.29) is 0 Å². The summed E-state index contributed by atoms with van der Waals surface area (Å²) in [6.07, 6.45) is 0. The van der Waals surface area contributed by atoms with E-state index in [1.165, 1.54) is 11.1 Å². The maximum Gasteiger partial charge on any atom is 0.201 e. The standard InChI is InChI=1S/C16H17N3O/c1-11-3-8-14-15(9-11)19-16(18-14)17-10-12-4-6-13(20-2)7-5-12/h3-9H,10H2,1-2H3,(H2,17,18,19). The molecular formula is C16H17N3O. The van der Waals surface area contributed by atoms with Crippen molar-refractivity contribution >= 4 is 17.0 Å². The molecule has 0 unspecified atom stereocenters. The molecule has 1 aromatic heterocycles. The Morgan fingerprint density at radius 2 is 1.95 bits per heavy atom. The van der Waals surface area contributed by atoms with Gasteiger partial charge in [0.2, 0.25) is 5.95 Å². The number of hydrogen-bond acceptors (Lipinski definition) is 3. The lowest BCUT2D eigenvalue weighted by molar-refractivity contribution is 0.414. The molecule has 0 aliphatic heterocycles. The van der Waals surface area contributed by atoms with Crippen LogP contribution in [0, 0.1) is 6.92 Å². The van der Waals surface area contributed by atoms with E-state index in [4.69, 9.17) is 4.74 Å². The second-order valence-electron chi connectivity index (χ2n) is 4.81. The molecular weight excluding hydrogens is 250 g/mol. The zero-order valence-electron chi connectivity index (χ0n) is 11.6. The Hall–Kier alpha value is -2.49. The van der Waals surface area contributed by atoms with Crippen LogP contribution in [0.3, 0.4) is 0 Å². The summed E-state index contributed by atoms with van der Waals surface area (Å²) < 4.78 is 5.14. The van der Waals surface area contributed by atoms with E-state index < -0.39 is 0 Å². The number of hydrogen-bond donors (Lipinski definition) is 2. The van der Waals surface area contributed by atoms with Crippen LogP contribution >= 0.6 is 0 Å². The number of fused-ring (bicyclic) bond motifs is 1. The van der Waals surface area contributed by atoms with Gasteiger partial charge < -0.3 is 15.0 Å². The smallest absolute Gasteiger partial charge is 0.201 e. The molecule has 2 aromatic carbocycles. The van der Waals surface area contributed by atoms with Gasteiger partial charge in [-0.25, -0.2) is 4.98 Å². The van der Waals surface area contributed by atoms with E-state index in [0.717, 1.165) is 29.3 Å². The fourth-order valence-electron chi connectivity index (χ4n) is 2.14.